The minimum atomic E-state index is 0.646. The van der Waals surface area contributed by atoms with Gasteiger partial charge < -0.3 is 5.32 Å². The zero-order valence-electron chi connectivity index (χ0n) is 12.6. The molecule has 0 unspecified atom stereocenters. The molecular formula is C17H15N5S. The predicted molar refractivity (Wildman–Crippen MR) is 92.6 cm³/mol. The molecule has 4 heterocycles. The molecule has 0 aliphatic rings. The first-order valence-electron chi connectivity index (χ1n) is 7.34. The molecule has 4 aromatic heterocycles. The zero-order valence-corrected chi connectivity index (χ0v) is 13.4. The molecule has 0 radical (unpaired) electrons. The Morgan fingerprint density at radius 2 is 2.17 bits per heavy atom. The Hall–Kier alpha value is -2.73. The Morgan fingerprint density at radius 1 is 1.22 bits per heavy atom. The van der Waals surface area contributed by atoms with E-state index in [4.69, 9.17) is 0 Å². The average Bonchev–Trinajstić information content (AvgIpc) is 3.22. The number of rotatable bonds is 4. The van der Waals surface area contributed by atoms with Crippen molar-refractivity contribution in [3.63, 3.8) is 0 Å². The monoisotopic (exact) mass is 321 g/mol. The highest BCUT2D eigenvalue weighted by atomic mass is 32.1. The van der Waals surface area contributed by atoms with Gasteiger partial charge in [-0.2, -0.15) is 9.61 Å². The highest BCUT2D eigenvalue weighted by molar-refractivity contribution is 7.13. The van der Waals surface area contributed by atoms with Crippen LogP contribution in [0.3, 0.4) is 0 Å². The largest absolute Gasteiger partial charge is 0.364 e. The summed E-state index contributed by atoms with van der Waals surface area (Å²) in [6, 6.07) is 12.0. The van der Waals surface area contributed by atoms with Gasteiger partial charge in [-0.05, 0) is 30.5 Å². The lowest BCUT2D eigenvalue weighted by molar-refractivity contribution is 0.909. The van der Waals surface area contributed by atoms with Crippen LogP contribution in [0.4, 0.5) is 5.82 Å². The van der Waals surface area contributed by atoms with Crippen molar-refractivity contribution in [2.45, 2.75) is 13.5 Å². The van der Waals surface area contributed by atoms with Crippen molar-refractivity contribution in [2.75, 3.05) is 5.32 Å². The summed E-state index contributed by atoms with van der Waals surface area (Å²) in [4.78, 5) is 10.2. The molecule has 0 spiro atoms. The third kappa shape index (κ3) is 2.68. The van der Waals surface area contributed by atoms with Gasteiger partial charge in [0.1, 0.15) is 5.82 Å². The summed E-state index contributed by atoms with van der Waals surface area (Å²) < 4.78 is 1.85. The quantitative estimate of drug-likeness (QED) is 0.621. The molecule has 4 aromatic rings. The second kappa shape index (κ2) is 5.81. The van der Waals surface area contributed by atoms with Crippen LogP contribution in [0.5, 0.6) is 0 Å². The van der Waals surface area contributed by atoms with E-state index >= 15 is 0 Å². The molecule has 0 bridgehead atoms. The van der Waals surface area contributed by atoms with Crippen molar-refractivity contribution in [1.29, 1.82) is 0 Å². The second-order valence-electron chi connectivity index (χ2n) is 5.23. The lowest BCUT2D eigenvalue weighted by Gasteiger charge is -2.09. The molecule has 0 atom stereocenters. The number of pyridine rings is 1. The Morgan fingerprint density at radius 3 is 2.96 bits per heavy atom. The Kier molecular flexibility index (Phi) is 3.51. The first-order valence-corrected chi connectivity index (χ1v) is 8.22. The number of nitrogens with zero attached hydrogens (tertiary/aromatic N) is 4. The van der Waals surface area contributed by atoms with Gasteiger partial charge in [0.2, 0.25) is 0 Å². The van der Waals surface area contributed by atoms with Gasteiger partial charge in [-0.25, -0.2) is 4.98 Å². The number of aryl methyl sites for hydroxylation is 1. The normalized spacial score (nSPS) is 11.0. The van der Waals surface area contributed by atoms with Crippen molar-refractivity contribution in [3.05, 3.63) is 65.6 Å². The van der Waals surface area contributed by atoms with Gasteiger partial charge >= 0.3 is 0 Å². The lowest BCUT2D eigenvalue weighted by Crippen LogP contribution is -2.07. The summed E-state index contributed by atoms with van der Waals surface area (Å²) in [7, 11) is 0. The van der Waals surface area contributed by atoms with Crippen LogP contribution in [0.2, 0.25) is 0 Å². The summed E-state index contributed by atoms with van der Waals surface area (Å²) in [5.41, 5.74) is 3.88. The molecule has 0 saturated heterocycles. The van der Waals surface area contributed by atoms with E-state index in [1.807, 2.05) is 48.0 Å². The number of aromatic nitrogens is 4. The SMILES string of the molecule is Cc1cc(NCc2ccccn2)n2ncc(-c3cccs3)c2n1. The van der Waals surface area contributed by atoms with E-state index in [-0.39, 0.29) is 0 Å². The Labute approximate surface area is 137 Å². The third-order valence-electron chi connectivity index (χ3n) is 3.56. The summed E-state index contributed by atoms with van der Waals surface area (Å²) in [6.07, 6.45) is 3.67. The molecule has 0 aliphatic heterocycles. The van der Waals surface area contributed by atoms with Crippen molar-refractivity contribution in [1.82, 2.24) is 19.6 Å². The highest BCUT2D eigenvalue weighted by Crippen LogP contribution is 2.29. The van der Waals surface area contributed by atoms with E-state index in [1.165, 1.54) is 4.88 Å². The topological polar surface area (TPSA) is 55.1 Å². The van der Waals surface area contributed by atoms with Crippen LogP contribution in [0, 0.1) is 6.92 Å². The van der Waals surface area contributed by atoms with Crippen LogP contribution < -0.4 is 5.32 Å². The summed E-state index contributed by atoms with van der Waals surface area (Å²) in [5, 5.41) is 9.98. The van der Waals surface area contributed by atoms with Crippen molar-refractivity contribution < 1.29 is 0 Å². The number of hydrogen-bond acceptors (Lipinski definition) is 5. The second-order valence-corrected chi connectivity index (χ2v) is 6.18. The van der Waals surface area contributed by atoms with E-state index in [0.717, 1.165) is 28.4 Å². The average molecular weight is 321 g/mol. The minimum absolute atomic E-state index is 0.646. The molecule has 0 saturated carbocycles. The van der Waals surface area contributed by atoms with E-state index in [1.54, 1.807) is 17.5 Å². The van der Waals surface area contributed by atoms with Gasteiger partial charge in [0.15, 0.2) is 5.65 Å². The van der Waals surface area contributed by atoms with Crippen molar-refractivity contribution in [2.24, 2.45) is 0 Å². The van der Waals surface area contributed by atoms with Gasteiger partial charge in [-0.3, -0.25) is 4.98 Å². The van der Waals surface area contributed by atoms with Crippen molar-refractivity contribution in [3.8, 4) is 10.4 Å². The van der Waals surface area contributed by atoms with Gasteiger partial charge in [0, 0.05) is 22.8 Å². The maximum absolute atomic E-state index is 4.66. The summed E-state index contributed by atoms with van der Waals surface area (Å²) in [6.45, 7) is 2.64. The molecule has 4 rings (SSSR count). The number of hydrogen-bond donors (Lipinski definition) is 1. The molecule has 0 aliphatic carbocycles. The van der Waals surface area contributed by atoms with Crippen LogP contribution in [0.15, 0.2) is 54.2 Å². The summed E-state index contributed by atoms with van der Waals surface area (Å²) in [5.74, 6) is 0.918. The minimum Gasteiger partial charge on any atom is -0.364 e. The molecule has 1 N–H and O–H groups in total. The molecule has 5 nitrogen and oxygen atoms in total. The molecule has 23 heavy (non-hydrogen) atoms. The van der Waals surface area contributed by atoms with Gasteiger partial charge in [-0.1, -0.05) is 12.1 Å². The van der Waals surface area contributed by atoms with Crippen LogP contribution >= 0.6 is 11.3 Å². The van der Waals surface area contributed by atoms with E-state index in [9.17, 15) is 0 Å². The lowest BCUT2D eigenvalue weighted by atomic mass is 10.3. The maximum atomic E-state index is 4.66. The van der Waals surface area contributed by atoms with Gasteiger partial charge in [0.25, 0.3) is 0 Å². The molecule has 6 heteroatoms. The van der Waals surface area contributed by atoms with Crippen LogP contribution in [0.25, 0.3) is 16.1 Å². The molecule has 0 amide bonds. The molecular weight excluding hydrogens is 306 g/mol. The Balaban J connectivity index is 1.72. The number of thiophene rings is 1. The van der Waals surface area contributed by atoms with E-state index in [0.29, 0.717) is 6.54 Å². The standard InChI is InChI=1S/C17H15N5S/c1-12-9-16(19-10-13-5-2-3-7-18-13)22-17(21-12)14(11-20-22)15-6-4-8-23-15/h2-9,11,19H,10H2,1H3. The fourth-order valence-corrected chi connectivity index (χ4v) is 3.23. The number of nitrogens with one attached hydrogen (secondary N) is 1. The Bertz CT molecular complexity index is 928. The van der Waals surface area contributed by atoms with Crippen LogP contribution in [-0.4, -0.2) is 19.6 Å². The van der Waals surface area contributed by atoms with Crippen molar-refractivity contribution >= 4 is 22.8 Å². The molecule has 0 aromatic carbocycles. The zero-order chi connectivity index (χ0) is 15.6. The molecule has 0 fully saturated rings. The predicted octanol–water partition coefficient (Wildman–Crippen LogP) is 3.77. The van der Waals surface area contributed by atoms with E-state index < -0.39 is 0 Å². The van der Waals surface area contributed by atoms with E-state index in [2.05, 4.69) is 31.8 Å². The highest BCUT2D eigenvalue weighted by Gasteiger charge is 2.12. The smallest absolute Gasteiger partial charge is 0.166 e. The van der Waals surface area contributed by atoms with Crippen LogP contribution in [0.1, 0.15) is 11.4 Å². The van der Waals surface area contributed by atoms with Gasteiger partial charge in [-0.15, -0.1) is 11.3 Å². The fourth-order valence-electron chi connectivity index (χ4n) is 2.50. The fraction of sp³-hybridized carbons (Fsp3) is 0.118. The number of anilines is 1. The first-order chi connectivity index (χ1) is 11.3. The maximum Gasteiger partial charge on any atom is 0.166 e. The van der Waals surface area contributed by atoms with Crippen LogP contribution in [-0.2, 0) is 6.54 Å². The first kappa shape index (κ1) is 13.9. The third-order valence-corrected chi connectivity index (χ3v) is 4.47. The number of fused-ring (bicyclic) bond motifs is 1. The molecule has 114 valence electrons. The summed E-state index contributed by atoms with van der Waals surface area (Å²) >= 11 is 1.69. The van der Waals surface area contributed by atoms with Gasteiger partial charge in [0.05, 0.1) is 24.0 Å².